The number of ether oxygens (including phenoxy) is 2. The summed E-state index contributed by atoms with van der Waals surface area (Å²) in [6.45, 7) is 2.02. The number of hydrogen-bond acceptors (Lipinski definition) is 4. The van der Waals surface area contributed by atoms with E-state index in [2.05, 4.69) is 10.2 Å². The molecule has 0 atom stereocenters. The third-order valence-corrected chi connectivity index (χ3v) is 2.25. The van der Waals surface area contributed by atoms with E-state index in [4.69, 9.17) is 9.47 Å². The second kappa shape index (κ2) is 3.73. The Hall–Kier alpha value is -1.84. The van der Waals surface area contributed by atoms with Gasteiger partial charge in [0, 0.05) is 0 Å². The van der Waals surface area contributed by atoms with Crippen LogP contribution in [0, 0.1) is 6.92 Å². The normalized spacial score (nSPS) is 10.3. The molecule has 0 radical (unpaired) electrons. The van der Waals surface area contributed by atoms with Crippen LogP contribution in [0.4, 0.5) is 0 Å². The van der Waals surface area contributed by atoms with Gasteiger partial charge in [0.15, 0.2) is 0 Å². The summed E-state index contributed by atoms with van der Waals surface area (Å²) in [5, 5.41) is 9.70. The second-order valence-corrected chi connectivity index (χ2v) is 3.27. The molecule has 2 aromatic rings. The maximum absolute atomic E-state index is 5.15. The van der Waals surface area contributed by atoms with Crippen molar-refractivity contribution in [2.75, 3.05) is 14.2 Å². The molecule has 1 aromatic carbocycles. The Bertz CT molecular complexity index is 497. The summed E-state index contributed by atoms with van der Waals surface area (Å²) in [6.07, 6.45) is 0. The van der Waals surface area contributed by atoms with Gasteiger partial charge in [-0.2, -0.15) is 0 Å². The molecule has 78 valence electrons. The molecular formula is C11H12N2O2. The van der Waals surface area contributed by atoms with E-state index in [1.165, 1.54) is 0 Å². The smallest absolute Gasteiger partial charge is 0.241 e. The lowest BCUT2D eigenvalue weighted by Crippen LogP contribution is -1.96. The Labute approximate surface area is 87.8 Å². The van der Waals surface area contributed by atoms with Gasteiger partial charge < -0.3 is 9.47 Å². The molecule has 0 amide bonds. The van der Waals surface area contributed by atoms with E-state index in [-0.39, 0.29) is 0 Å². The van der Waals surface area contributed by atoms with E-state index in [0.29, 0.717) is 11.8 Å². The van der Waals surface area contributed by atoms with Crippen molar-refractivity contribution in [1.29, 1.82) is 0 Å². The van der Waals surface area contributed by atoms with Crippen LogP contribution in [-0.2, 0) is 0 Å². The predicted octanol–water partition coefficient (Wildman–Crippen LogP) is 1.96. The first kappa shape index (κ1) is 9.71. The number of methoxy groups -OCH3 is 2. The van der Waals surface area contributed by atoms with Crippen molar-refractivity contribution in [3.8, 4) is 11.8 Å². The number of fused-ring (bicyclic) bond motifs is 1. The Morgan fingerprint density at radius 1 is 0.933 bits per heavy atom. The van der Waals surface area contributed by atoms with Crippen LogP contribution >= 0.6 is 0 Å². The lowest BCUT2D eigenvalue weighted by atomic mass is 10.1. The van der Waals surface area contributed by atoms with E-state index >= 15 is 0 Å². The van der Waals surface area contributed by atoms with Crippen LogP contribution in [0.25, 0.3) is 10.8 Å². The van der Waals surface area contributed by atoms with Gasteiger partial charge in [0.1, 0.15) is 0 Å². The average molecular weight is 204 g/mol. The van der Waals surface area contributed by atoms with Crippen LogP contribution in [0.1, 0.15) is 5.56 Å². The van der Waals surface area contributed by atoms with Crippen LogP contribution < -0.4 is 9.47 Å². The van der Waals surface area contributed by atoms with Crippen molar-refractivity contribution in [1.82, 2.24) is 10.2 Å². The molecule has 0 aliphatic rings. The summed E-state index contributed by atoms with van der Waals surface area (Å²) in [5.41, 5.74) is 1.15. The number of aromatic nitrogens is 2. The molecule has 0 fully saturated rings. The molecule has 4 heteroatoms. The van der Waals surface area contributed by atoms with Crippen molar-refractivity contribution in [2.45, 2.75) is 6.92 Å². The van der Waals surface area contributed by atoms with Crippen molar-refractivity contribution >= 4 is 10.8 Å². The fraction of sp³-hybridized carbons (Fsp3) is 0.273. The molecule has 0 N–H and O–H groups in total. The van der Waals surface area contributed by atoms with E-state index < -0.39 is 0 Å². The Morgan fingerprint density at radius 3 is 2.13 bits per heavy atom. The monoisotopic (exact) mass is 204 g/mol. The minimum absolute atomic E-state index is 0.519. The first-order chi connectivity index (χ1) is 7.26. The summed E-state index contributed by atoms with van der Waals surface area (Å²) in [7, 11) is 3.16. The minimum Gasteiger partial charge on any atom is -0.479 e. The van der Waals surface area contributed by atoms with Crippen molar-refractivity contribution < 1.29 is 9.47 Å². The maximum Gasteiger partial charge on any atom is 0.241 e. The Kier molecular flexibility index (Phi) is 2.41. The van der Waals surface area contributed by atoms with Gasteiger partial charge in [0.05, 0.1) is 25.0 Å². The predicted molar refractivity (Wildman–Crippen MR) is 57.4 cm³/mol. The molecule has 0 saturated heterocycles. The Morgan fingerprint density at radius 2 is 1.53 bits per heavy atom. The topological polar surface area (TPSA) is 44.2 Å². The fourth-order valence-corrected chi connectivity index (χ4v) is 1.52. The standard InChI is InChI=1S/C11H12N2O2/c1-7-4-5-8-9(6-7)11(15-3)13-12-10(8)14-2/h4-6H,1-3H3. The Balaban J connectivity index is 2.80. The zero-order valence-electron chi connectivity index (χ0n) is 8.94. The molecule has 0 unspecified atom stereocenters. The molecule has 1 heterocycles. The molecule has 0 aliphatic heterocycles. The first-order valence-electron chi connectivity index (χ1n) is 4.61. The number of hydrogen-bond donors (Lipinski definition) is 0. The molecule has 0 bridgehead atoms. The van der Waals surface area contributed by atoms with Crippen molar-refractivity contribution in [3.05, 3.63) is 23.8 Å². The lowest BCUT2D eigenvalue weighted by Gasteiger charge is -2.07. The zero-order chi connectivity index (χ0) is 10.8. The highest BCUT2D eigenvalue weighted by Crippen LogP contribution is 2.29. The lowest BCUT2D eigenvalue weighted by molar-refractivity contribution is 0.376. The summed E-state index contributed by atoms with van der Waals surface area (Å²) >= 11 is 0. The van der Waals surface area contributed by atoms with Crippen molar-refractivity contribution in [2.24, 2.45) is 0 Å². The molecule has 0 aliphatic carbocycles. The van der Waals surface area contributed by atoms with Crippen LogP contribution in [0.2, 0.25) is 0 Å². The summed E-state index contributed by atoms with van der Waals surface area (Å²) in [5.74, 6) is 1.04. The van der Waals surface area contributed by atoms with Gasteiger partial charge in [0.25, 0.3) is 0 Å². The largest absolute Gasteiger partial charge is 0.479 e. The van der Waals surface area contributed by atoms with Gasteiger partial charge in [-0.25, -0.2) is 0 Å². The van der Waals surface area contributed by atoms with Gasteiger partial charge in [-0.1, -0.05) is 11.6 Å². The maximum atomic E-state index is 5.15. The van der Waals surface area contributed by atoms with Gasteiger partial charge in [-0.15, -0.1) is 10.2 Å². The van der Waals surface area contributed by atoms with Gasteiger partial charge in [-0.05, 0) is 19.1 Å². The molecule has 1 aromatic heterocycles. The van der Waals surface area contributed by atoms with Gasteiger partial charge in [0.2, 0.25) is 11.8 Å². The third kappa shape index (κ3) is 1.58. The molecule has 0 saturated carbocycles. The number of nitrogens with zero attached hydrogens (tertiary/aromatic N) is 2. The quantitative estimate of drug-likeness (QED) is 0.750. The van der Waals surface area contributed by atoms with Gasteiger partial charge in [-0.3, -0.25) is 0 Å². The second-order valence-electron chi connectivity index (χ2n) is 3.27. The van der Waals surface area contributed by atoms with Crippen LogP contribution in [-0.4, -0.2) is 24.4 Å². The summed E-state index contributed by atoms with van der Waals surface area (Å²) < 4.78 is 10.3. The average Bonchev–Trinajstić information content (AvgIpc) is 2.27. The van der Waals surface area contributed by atoms with E-state index in [1.54, 1.807) is 14.2 Å². The van der Waals surface area contributed by atoms with Crippen molar-refractivity contribution in [3.63, 3.8) is 0 Å². The van der Waals surface area contributed by atoms with E-state index in [1.807, 2.05) is 25.1 Å². The van der Waals surface area contributed by atoms with E-state index in [9.17, 15) is 0 Å². The first-order valence-corrected chi connectivity index (χ1v) is 4.61. The number of benzene rings is 1. The number of rotatable bonds is 2. The molecule has 4 nitrogen and oxygen atoms in total. The molecule has 15 heavy (non-hydrogen) atoms. The SMILES string of the molecule is COc1nnc(OC)c2cc(C)ccc12. The highest BCUT2D eigenvalue weighted by Gasteiger charge is 2.09. The summed E-state index contributed by atoms with van der Waals surface area (Å²) in [6, 6.07) is 5.97. The van der Waals surface area contributed by atoms with E-state index in [0.717, 1.165) is 16.3 Å². The zero-order valence-corrected chi connectivity index (χ0v) is 8.94. The fourth-order valence-electron chi connectivity index (χ4n) is 1.52. The van der Waals surface area contributed by atoms with Crippen LogP contribution in [0.5, 0.6) is 11.8 Å². The van der Waals surface area contributed by atoms with Gasteiger partial charge >= 0.3 is 0 Å². The highest BCUT2D eigenvalue weighted by molar-refractivity contribution is 5.90. The highest BCUT2D eigenvalue weighted by atomic mass is 16.5. The minimum atomic E-state index is 0.519. The molecule has 0 spiro atoms. The molecular weight excluding hydrogens is 192 g/mol. The van der Waals surface area contributed by atoms with Crippen LogP contribution in [0.15, 0.2) is 18.2 Å². The van der Waals surface area contributed by atoms with Crippen LogP contribution in [0.3, 0.4) is 0 Å². The summed E-state index contributed by atoms with van der Waals surface area (Å²) in [4.78, 5) is 0. The number of aryl methyl sites for hydroxylation is 1. The molecule has 2 rings (SSSR count). The third-order valence-electron chi connectivity index (χ3n) is 2.25.